The van der Waals surface area contributed by atoms with Crippen molar-refractivity contribution in [2.24, 2.45) is 17.6 Å². The minimum atomic E-state index is -0.228. The Balaban J connectivity index is 1.60. The molecule has 3 rings (SSSR count). The maximum atomic E-state index is 12.1. The Labute approximate surface area is 113 Å². The van der Waals surface area contributed by atoms with Gasteiger partial charge in [0.15, 0.2) is 0 Å². The van der Waals surface area contributed by atoms with Gasteiger partial charge in [0.05, 0.1) is 0 Å². The number of fused-ring (bicyclic) bond motifs is 1. The van der Waals surface area contributed by atoms with Crippen molar-refractivity contribution in [3.8, 4) is 5.75 Å². The molecule has 0 radical (unpaired) electrons. The largest absolute Gasteiger partial charge is 0.415 e. The summed E-state index contributed by atoms with van der Waals surface area (Å²) in [7, 11) is 0. The van der Waals surface area contributed by atoms with E-state index in [1.165, 1.54) is 0 Å². The van der Waals surface area contributed by atoms with Gasteiger partial charge in [0.2, 0.25) is 0 Å². The maximum Gasteiger partial charge on any atom is 0.415 e. The molecule has 4 nitrogen and oxygen atoms in total. The molecule has 1 saturated heterocycles. The number of hydrogen-bond donors (Lipinski definition) is 1. The van der Waals surface area contributed by atoms with Crippen molar-refractivity contribution in [1.82, 2.24) is 4.90 Å². The smallest absolute Gasteiger partial charge is 0.410 e. The van der Waals surface area contributed by atoms with Crippen LogP contribution in [0, 0.1) is 11.8 Å². The van der Waals surface area contributed by atoms with Gasteiger partial charge >= 0.3 is 6.09 Å². The van der Waals surface area contributed by atoms with Crippen molar-refractivity contribution in [2.75, 3.05) is 13.1 Å². The lowest BCUT2D eigenvalue weighted by Gasteiger charge is -2.27. The Hall–Kier alpha value is -1.55. The van der Waals surface area contributed by atoms with Crippen LogP contribution in [0.3, 0.4) is 0 Å². The van der Waals surface area contributed by atoms with E-state index in [2.05, 4.69) is 0 Å². The normalized spacial score (nSPS) is 29.9. The first-order valence-electron chi connectivity index (χ1n) is 7.00. The van der Waals surface area contributed by atoms with Crippen LogP contribution in [0.4, 0.5) is 4.79 Å². The molecule has 1 amide bonds. The quantitative estimate of drug-likeness (QED) is 0.842. The number of nitrogens with two attached hydrogens (primary N) is 1. The third-order valence-electron chi connectivity index (χ3n) is 4.30. The number of carbonyl (C=O) groups is 1. The third-order valence-corrected chi connectivity index (χ3v) is 4.30. The van der Waals surface area contributed by atoms with E-state index >= 15 is 0 Å². The standard InChI is InChI=1S/C15H20N2O2/c16-13-7-6-11-9-17(10-12(11)8-13)15(18)19-14-4-2-1-3-5-14/h1-5,11-13H,6-10,16H2/t11-,12+,13?/m1/s1. The molecule has 3 atom stereocenters. The number of amides is 1. The first-order chi connectivity index (χ1) is 9.22. The van der Waals surface area contributed by atoms with E-state index in [1.54, 1.807) is 12.1 Å². The summed E-state index contributed by atoms with van der Waals surface area (Å²) in [6.45, 7) is 1.62. The number of hydrogen-bond acceptors (Lipinski definition) is 3. The van der Waals surface area contributed by atoms with E-state index in [9.17, 15) is 4.79 Å². The zero-order valence-corrected chi connectivity index (χ0v) is 11.0. The highest BCUT2D eigenvalue weighted by Crippen LogP contribution is 2.35. The molecule has 1 aliphatic heterocycles. The van der Waals surface area contributed by atoms with Gasteiger partial charge in [-0.05, 0) is 43.2 Å². The van der Waals surface area contributed by atoms with Crippen molar-refractivity contribution in [1.29, 1.82) is 0 Å². The Morgan fingerprint density at radius 2 is 1.89 bits per heavy atom. The average Bonchev–Trinajstić information content (AvgIpc) is 2.83. The molecule has 0 aromatic heterocycles. The maximum absolute atomic E-state index is 12.1. The molecule has 1 aromatic rings. The van der Waals surface area contributed by atoms with E-state index < -0.39 is 0 Å². The van der Waals surface area contributed by atoms with Crippen LogP contribution in [-0.4, -0.2) is 30.1 Å². The molecule has 19 heavy (non-hydrogen) atoms. The van der Waals surface area contributed by atoms with Gasteiger partial charge in [-0.2, -0.15) is 0 Å². The fraction of sp³-hybridized carbons (Fsp3) is 0.533. The zero-order chi connectivity index (χ0) is 13.2. The second kappa shape index (κ2) is 5.21. The van der Waals surface area contributed by atoms with Crippen LogP contribution in [0.1, 0.15) is 19.3 Å². The minimum Gasteiger partial charge on any atom is -0.410 e. The summed E-state index contributed by atoms with van der Waals surface area (Å²) in [5.41, 5.74) is 6.00. The summed E-state index contributed by atoms with van der Waals surface area (Å²) in [4.78, 5) is 13.9. The molecule has 1 aliphatic carbocycles. The molecular weight excluding hydrogens is 240 g/mol. The molecule has 2 aliphatic rings. The summed E-state index contributed by atoms with van der Waals surface area (Å²) in [5.74, 6) is 1.79. The molecular formula is C15H20N2O2. The Morgan fingerprint density at radius 3 is 2.68 bits per heavy atom. The summed E-state index contributed by atoms with van der Waals surface area (Å²) in [5, 5.41) is 0. The van der Waals surface area contributed by atoms with E-state index in [1.807, 2.05) is 23.1 Å². The number of benzene rings is 1. The van der Waals surface area contributed by atoms with Gasteiger partial charge in [-0.1, -0.05) is 18.2 Å². The second-order valence-electron chi connectivity index (χ2n) is 5.68. The van der Waals surface area contributed by atoms with E-state index in [0.717, 1.165) is 32.4 Å². The van der Waals surface area contributed by atoms with Crippen LogP contribution in [-0.2, 0) is 0 Å². The monoisotopic (exact) mass is 260 g/mol. The van der Waals surface area contributed by atoms with Gasteiger partial charge in [-0.15, -0.1) is 0 Å². The fourth-order valence-corrected chi connectivity index (χ4v) is 3.27. The van der Waals surface area contributed by atoms with Gasteiger partial charge in [-0.25, -0.2) is 4.79 Å². The van der Waals surface area contributed by atoms with Crippen LogP contribution in [0.2, 0.25) is 0 Å². The van der Waals surface area contributed by atoms with Crippen molar-refractivity contribution in [3.63, 3.8) is 0 Å². The van der Waals surface area contributed by atoms with Crippen molar-refractivity contribution >= 4 is 6.09 Å². The number of carbonyl (C=O) groups excluding carboxylic acids is 1. The molecule has 1 saturated carbocycles. The first-order valence-corrected chi connectivity index (χ1v) is 7.00. The molecule has 1 heterocycles. The predicted molar refractivity (Wildman–Crippen MR) is 72.8 cm³/mol. The molecule has 1 aromatic carbocycles. The lowest BCUT2D eigenvalue weighted by atomic mass is 9.79. The van der Waals surface area contributed by atoms with E-state index in [0.29, 0.717) is 23.6 Å². The average molecular weight is 260 g/mol. The number of para-hydroxylation sites is 1. The molecule has 4 heteroatoms. The lowest BCUT2D eigenvalue weighted by molar-refractivity contribution is 0.160. The molecule has 0 bridgehead atoms. The highest BCUT2D eigenvalue weighted by molar-refractivity contribution is 5.71. The molecule has 2 N–H and O–H groups in total. The van der Waals surface area contributed by atoms with Gasteiger partial charge in [0.1, 0.15) is 5.75 Å². The first kappa shape index (κ1) is 12.5. The third kappa shape index (κ3) is 2.73. The highest BCUT2D eigenvalue weighted by Gasteiger charge is 2.39. The summed E-state index contributed by atoms with van der Waals surface area (Å²) < 4.78 is 5.39. The van der Waals surface area contributed by atoms with E-state index in [4.69, 9.17) is 10.5 Å². The number of nitrogens with zero attached hydrogens (tertiary/aromatic N) is 1. The Morgan fingerprint density at radius 1 is 1.16 bits per heavy atom. The van der Waals surface area contributed by atoms with Crippen LogP contribution < -0.4 is 10.5 Å². The Kier molecular flexibility index (Phi) is 3.42. The van der Waals surface area contributed by atoms with Crippen LogP contribution in [0.25, 0.3) is 0 Å². The SMILES string of the molecule is NC1CC[C@@H]2CN(C(=O)Oc3ccccc3)C[C@@H]2C1. The molecule has 1 unspecified atom stereocenters. The molecule has 102 valence electrons. The zero-order valence-electron chi connectivity index (χ0n) is 11.0. The van der Waals surface area contributed by atoms with Gasteiger partial charge in [-0.3, -0.25) is 0 Å². The highest BCUT2D eigenvalue weighted by atomic mass is 16.6. The number of ether oxygens (including phenoxy) is 1. The number of likely N-dealkylation sites (tertiary alicyclic amines) is 1. The van der Waals surface area contributed by atoms with Crippen molar-refractivity contribution < 1.29 is 9.53 Å². The summed E-state index contributed by atoms with van der Waals surface area (Å²) in [6.07, 6.45) is 3.04. The lowest BCUT2D eigenvalue weighted by Crippen LogP contribution is -2.33. The molecule has 0 spiro atoms. The number of rotatable bonds is 1. The summed E-state index contributed by atoms with van der Waals surface area (Å²) in [6, 6.07) is 9.56. The fourth-order valence-electron chi connectivity index (χ4n) is 3.27. The van der Waals surface area contributed by atoms with Gasteiger partial charge < -0.3 is 15.4 Å². The minimum absolute atomic E-state index is 0.228. The van der Waals surface area contributed by atoms with Crippen LogP contribution >= 0.6 is 0 Å². The second-order valence-corrected chi connectivity index (χ2v) is 5.68. The van der Waals surface area contributed by atoms with Gasteiger partial charge in [0, 0.05) is 19.1 Å². The van der Waals surface area contributed by atoms with Crippen LogP contribution in [0.5, 0.6) is 5.75 Å². The summed E-state index contributed by atoms with van der Waals surface area (Å²) >= 11 is 0. The molecule has 2 fully saturated rings. The van der Waals surface area contributed by atoms with E-state index in [-0.39, 0.29) is 6.09 Å². The van der Waals surface area contributed by atoms with Crippen molar-refractivity contribution in [3.05, 3.63) is 30.3 Å². The predicted octanol–water partition coefficient (Wildman–Crippen LogP) is 2.24. The Bertz CT molecular complexity index is 449. The van der Waals surface area contributed by atoms with Crippen LogP contribution in [0.15, 0.2) is 30.3 Å². The topological polar surface area (TPSA) is 55.6 Å². The van der Waals surface area contributed by atoms with Crippen molar-refractivity contribution in [2.45, 2.75) is 25.3 Å². The van der Waals surface area contributed by atoms with Gasteiger partial charge in [0.25, 0.3) is 0 Å².